The summed E-state index contributed by atoms with van der Waals surface area (Å²) in [7, 11) is -3.59. The van der Waals surface area contributed by atoms with Gasteiger partial charge in [0.2, 0.25) is 10.0 Å². The number of hydrogen-bond acceptors (Lipinski definition) is 4. The van der Waals surface area contributed by atoms with Crippen LogP contribution in [0.1, 0.15) is 12.0 Å². The van der Waals surface area contributed by atoms with Gasteiger partial charge in [-0.25, -0.2) is 13.6 Å². The minimum absolute atomic E-state index is 0.144. The Balaban J connectivity index is 1.94. The van der Waals surface area contributed by atoms with E-state index in [9.17, 15) is 8.42 Å². The van der Waals surface area contributed by atoms with E-state index < -0.39 is 10.0 Å². The van der Waals surface area contributed by atoms with Crippen molar-refractivity contribution in [2.75, 3.05) is 13.2 Å². The zero-order valence-corrected chi connectivity index (χ0v) is 10.2. The number of primary sulfonamides is 1. The molecule has 3 N–H and O–H groups in total. The number of benzene rings is 1. The van der Waals surface area contributed by atoms with Crippen molar-refractivity contribution in [1.29, 1.82) is 0 Å². The summed E-state index contributed by atoms with van der Waals surface area (Å²) in [6, 6.07) is 6.98. The molecule has 0 aromatic heterocycles. The molecule has 1 unspecified atom stereocenters. The van der Waals surface area contributed by atoms with E-state index in [-0.39, 0.29) is 4.90 Å². The minimum Gasteiger partial charge on any atom is -0.380 e. The first-order chi connectivity index (χ1) is 8.05. The standard InChI is InChI=1S/C11H16N2O3S/c12-17(14,15)11-3-1-9(2-4-11)7-13-10-5-6-16-8-10/h1-4,10,13H,5-8H2,(H2,12,14,15). The molecule has 1 aliphatic heterocycles. The van der Waals surface area contributed by atoms with Gasteiger partial charge in [-0.15, -0.1) is 0 Å². The predicted octanol–water partition coefficient (Wildman–Crippen LogP) is 0.213. The van der Waals surface area contributed by atoms with E-state index in [4.69, 9.17) is 9.88 Å². The summed E-state index contributed by atoms with van der Waals surface area (Å²) >= 11 is 0. The molecule has 5 nitrogen and oxygen atoms in total. The van der Waals surface area contributed by atoms with Gasteiger partial charge in [0.15, 0.2) is 0 Å². The van der Waals surface area contributed by atoms with Gasteiger partial charge in [-0.1, -0.05) is 12.1 Å². The monoisotopic (exact) mass is 256 g/mol. The van der Waals surface area contributed by atoms with Crippen LogP contribution in [-0.4, -0.2) is 27.7 Å². The normalized spacial score (nSPS) is 20.6. The molecular weight excluding hydrogens is 240 g/mol. The molecule has 0 aliphatic carbocycles. The van der Waals surface area contributed by atoms with Crippen molar-refractivity contribution in [2.45, 2.75) is 23.9 Å². The summed E-state index contributed by atoms with van der Waals surface area (Å²) in [4.78, 5) is 0.144. The van der Waals surface area contributed by atoms with Crippen molar-refractivity contribution in [3.05, 3.63) is 29.8 Å². The summed E-state index contributed by atoms with van der Waals surface area (Å²) in [6.07, 6.45) is 1.02. The van der Waals surface area contributed by atoms with Crippen LogP contribution in [0.2, 0.25) is 0 Å². The van der Waals surface area contributed by atoms with Gasteiger partial charge < -0.3 is 10.1 Å². The van der Waals surface area contributed by atoms with Gasteiger partial charge in [0.1, 0.15) is 0 Å². The lowest BCUT2D eigenvalue weighted by Gasteiger charge is -2.10. The lowest BCUT2D eigenvalue weighted by atomic mass is 10.2. The highest BCUT2D eigenvalue weighted by molar-refractivity contribution is 7.89. The molecule has 1 atom stereocenters. The molecule has 1 heterocycles. The van der Waals surface area contributed by atoms with Crippen LogP contribution in [0.25, 0.3) is 0 Å². The Kier molecular flexibility index (Phi) is 3.78. The third kappa shape index (κ3) is 3.50. The van der Waals surface area contributed by atoms with Crippen molar-refractivity contribution in [2.24, 2.45) is 5.14 Å². The number of rotatable bonds is 4. The maximum Gasteiger partial charge on any atom is 0.238 e. The molecule has 6 heteroatoms. The number of ether oxygens (including phenoxy) is 1. The number of nitrogens with two attached hydrogens (primary N) is 1. The predicted molar refractivity (Wildman–Crippen MR) is 63.9 cm³/mol. The summed E-state index contributed by atoms with van der Waals surface area (Å²) < 4.78 is 27.4. The maximum absolute atomic E-state index is 11.1. The molecule has 1 aromatic rings. The third-order valence-corrected chi connectivity index (χ3v) is 3.71. The SMILES string of the molecule is NS(=O)(=O)c1ccc(CNC2CCOC2)cc1. The molecule has 2 rings (SSSR count). The van der Waals surface area contributed by atoms with Crippen molar-refractivity contribution in [1.82, 2.24) is 5.32 Å². The molecule has 0 amide bonds. The smallest absolute Gasteiger partial charge is 0.238 e. The highest BCUT2D eigenvalue weighted by Gasteiger charge is 2.14. The number of hydrogen-bond donors (Lipinski definition) is 2. The first-order valence-electron chi connectivity index (χ1n) is 5.48. The van der Waals surface area contributed by atoms with E-state index in [0.29, 0.717) is 12.6 Å². The number of sulfonamides is 1. The van der Waals surface area contributed by atoms with Crippen molar-refractivity contribution in [3.63, 3.8) is 0 Å². The van der Waals surface area contributed by atoms with Crippen LogP contribution in [0.15, 0.2) is 29.2 Å². The Hall–Kier alpha value is -0.950. The van der Waals surface area contributed by atoms with Crippen molar-refractivity contribution in [3.8, 4) is 0 Å². The Bertz CT molecular complexity index is 464. The second-order valence-electron chi connectivity index (χ2n) is 4.13. The van der Waals surface area contributed by atoms with Crippen LogP contribution < -0.4 is 10.5 Å². The minimum atomic E-state index is -3.59. The van der Waals surface area contributed by atoms with E-state index in [1.165, 1.54) is 12.1 Å². The molecule has 1 aliphatic rings. The van der Waals surface area contributed by atoms with E-state index in [1.807, 2.05) is 0 Å². The molecule has 0 radical (unpaired) electrons. The first-order valence-corrected chi connectivity index (χ1v) is 7.03. The second kappa shape index (κ2) is 5.14. The van der Waals surface area contributed by atoms with Crippen LogP contribution >= 0.6 is 0 Å². The Morgan fingerprint density at radius 2 is 2.06 bits per heavy atom. The van der Waals surface area contributed by atoms with Crippen molar-refractivity contribution < 1.29 is 13.2 Å². The molecule has 1 aromatic carbocycles. The average Bonchev–Trinajstić information content (AvgIpc) is 2.78. The second-order valence-corrected chi connectivity index (χ2v) is 5.69. The molecule has 1 saturated heterocycles. The fourth-order valence-electron chi connectivity index (χ4n) is 1.75. The fourth-order valence-corrected chi connectivity index (χ4v) is 2.27. The average molecular weight is 256 g/mol. The molecule has 0 saturated carbocycles. The third-order valence-electron chi connectivity index (χ3n) is 2.78. The maximum atomic E-state index is 11.1. The van der Waals surface area contributed by atoms with E-state index in [2.05, 4.69) is 5.32 Å². The van der Waals surface area contributed by atoms with Crippen LogP contribution in [0.4, 0.5) is 0 Å². The van der Waals surface area contributed by atoms with Gasteiger partial charge in [-0.05, 0) is 24.1 Å². The van der Waals surface area contributed by atoms with Gasteiger partial charge in [0.25, 0.3) is 0 Å². The van der Waals surface area contributed by atoms with Crippen LogP contribution in [0.3, 0.4) is 0 Å². The molecule has 0 bridgehead atoms. The molecule has 0 spiro atoms. The lowest BCUT2D eigenvalue weighted by molar-refractivity contribution is 0.190. The zero-order valence-electron chi connectivity index (χ0n) is 9.43. The summed E-state index contributed by atoms with van der Waals surface area (Å²) in [5, 5.41) is 8.37. The lowest BCUT2D eigenvalue weighted by Crippen LogP contribution is -2.28. The van der Waals surface area contributed by atoms with Gasteiger partial charge >= 0.3 is 0 Å². The molecular formula is C11H16N2O3S. The molecule has 1 fully saturated rings. The van der Waals surface area contributed by atoms with Gasteiger partial charge in [0, 0.05) is 19.2 Å². The Morgan fingerprint density at radius 3 is 2.59 bits per heavy atom. The topological polar surface area (TPSA) is 81.4 Å². The quantitative estimate of drug-likeness (QED) is 0.807. The van der Waals surface area contributed by atoms with E-state index >= 15 is 0 Å². The fraction of sp³-hybridized carbons (Fsp3) is 0.455. The van der Waals surface area contributed by atoms with E-state index in [1.54, 1.807) is 12.1 Å². The highest BCUT2D eigenvalue weighted by atomic mass is 32.2. The Labute approximate surface area is 101 Å². The van der Waals surface area contributed by atoms with Gasteiger partial charge in [-0.3, -0.25) is 0 Å². The molecule has 94 valence electrons. The zero-order chi connectivity index (χ0) is 12.3. The van der Waals surface area contributed by atoms with E-state index in [0.717, 1.165) is 25.2 Å². The summed E-state index contributed by atoms with van der Waals surface area (Å²) in [5.74, 6) is 0. The summed E-state index contributed by atoms with van der Waals surface area (Å²) in [5.41, 5.74) is 1.03. The molecule has 17 heavy (non-hydrogen) atoms. The van der Waals surface area contributed by atoms with Gasteiger partial charge in [-0.2, -0.15) is 0 Å². The Morgan fingerprint density at radius 1 is 1.35 bits per heavy atom. The highest BCUT2D eigenvalue weighted by Crippen LogP contribution is 2.10. The van der Waals surface area contributed by atoms with Crippen molar-refractivity contribution >= 4 is 10.0 Å². The van der Waals surface area contributed by atoms with Crippen LogP contribution in [0.5, 0.6) is 0 Å². The number of nitrogens with one attached hydrogen (secondary N) is 1. The summed E-state index contributed by atoms with van der Waals surface area (Å²) in [6.45, 7) is 2.26. The van der Waals surface area contributed by atoms with Gasteiger partial charge in [0.05, 0.1) is 11.5 Å². The van der Waals surface area contributed by atoms with Crippen LogP contribution in [0, 0.1) is 0 Å². The van der Waals surface area contributed by atoms with Crippen LogP contribution in [-0.2, 0) is 21.3 Å². The largest absolute Gasteiger partial charge is 0.380 e. The first kappa shape index (κ1) is 12.5.